The fourth-order valence-electron chi connectivity index (χ4n) is 1.92. The van der Waals surface area contributed by atoms with Crippen molar-refractivity contribution in [1.82, 2.24) is 10.1 Å². The van der Waals surface area contributed by atoms with E-state index in [1.54, 1.807) is 11.3 Å². The molecule has 1 aromatic carbocycles. The first-order chi connectivity index (χ1) is 9.84. The fraction of sp³-hybridized carbons (Fsp3) is 0.267. The number of aromatic carboxylic acids is 1. The summed E-state index contributed by atoms with van der Waals surface area (Å²) >= 11 is 1.67. The molecule has 5 nitrogen and oxygen atoms in total. The molecule has 1 N–H and O–H groups in total. The molecule has 3 aromatic rings. The quantitative estimate of drug-likeness (QED) is 0.775. The maximum atomic E-state index is 10.8. The summed E-state index contributed by atoms with van der Waals surface area (Å²) in [5.41, 5.74) is 2.19. The Morgan fingerprint density at radius 1 is 1.29 bits per heavy atom. The maximum absolute atomic E-state index is 10.8. The Balaban J connectivity index is 2.05. The predicted molar refractivity (Wildman–Crippen MR) is 80.8 cm³/mol. The summed E-state index contributed by atoms with van der Waals surface area (Å²) in [6.07, 6.45) is 0. The summed E-state index contributed by atoms with van der Waals surface area (Å²) in [4.78, 5) is 15.5. The van der Waals surface area contributed by atoms with Crippen molar-refractivity contribution < 1.29 is 14.4 Å². The molecule has 0 saturated carbocycles. The number of hydrogen-bond acceptors (Lipinski definition) is 5. The topological polar surface area (TPSA) is 76.2 Å². The van der Waals surface area contributed by atoms with Gasteiger partial charge in [0.15, 0.2) is 0 Å². The average Bonchev–Trinajstić information content (AvgIpc) is 3.04. The Hall–Kier alpha value is -2.21. The first kappa shape index (κ1) is 13.8. The molecular formula is C15H14N2O3S. The minimum Gasteiger partial charge on any atom is -0.475 e. The Labute approximate surface area is 125 Å². The van der Waals surface area contributed by atoms with Crippen LogP contribution in [0.5, 0.6) is 0 Å². The lowest BCUT2D eigenvalue weighted by molar-refractivity contribution is 0.0652. The Morgan fingerprint density at radius 3 is 2.67 bits per heavy atom. The van der Waals surface area contributed by atoms with E-state index in [1.165, 1.54) is 6.07 Å². The number of nitrogens with zero attached hydrogens (tertiary/aromatic N) is 2. The lowest BCUT2D eigenvalue weighted by atomic mass is 9.98. The van der Waals surface area contributed by atoms with Crippen LogP contribution in [0.1, 0.15) is 36.3 Å². The molecule has 2 heterocycles. The summed E-state index contributed by atoms with van der Waals surface area (Å²) in [5, 5.41) is 13.7. The van der Waals surface area contributed by atoms with Gasteiger partial charge in [0.2, 0.25) is 5.76 Å². The van der Waals surface area contributed by atoms with E-state index in [0.717, 1.165) is 20.8 Å². The van der Waals surface area contributed by atoms with Crippen molar-refractivity contribution in [3.05, 3.63) is 35.0 Å². The second-order valence-corrected chi connectivity index (χ2v) is 6.86. The van der Waals surface area contributed by atoms with E-state index in [4.69, 9.17) is 9.63 Å². The van der Waals surface area contributed by atoms with Gasteiger partial charge < -0.3 is 9.63 Å². The van der Waals surface area contributed by atoms with Crippen LogP contribution in [0.3, 0.4) is 0 Å². The number of carboxylic acids is 1. The fourth-order valence-corrected chi connectivity index (χ4v) is 2.92. The zero-order valence-electron chi connectivity index (χ0n) is 11.9. The SMILES string of the molecule is CC(C)(C)c1nc2cc(-c3cc(C(=O)O)on3)ccc2s1. The van der Waals surface area contributed by atoms with Gasteiger partial charge in [-0.05, 0) is 12.1 Å². The molecule has 21 heavy (non-hydrogen) atoms. The van der Waals surface area contributed by atoms with Gasteiger partial charge in [-0.2, -0.15) is 0 Å². The highest BCUT2D eigenvalue weighted by Crippen LogP contribution is 2.33. The highest BCUT2D eigenvalue weighted by molar-refractivity contribution is 7.18. The van der Waals surface area contributed by atoms with Crippen LogP contribution in [0.15, 0.2) is 28.8 Å². The van der Waals surface area contributed by atoms with Gasteiger partial charge >= 0.3 is 5.97 Å². The van der Waals surface area contributed by atoms with Crippen molar-refractivity contribution in [3.63, 3.8) is 0 Å². The van der Waals surface area contributed by atoms with E-state index in [0.29, 0.717) is 5.69 Å². The standard InChI is InChI=1S/C15H14N2O3S/c1-15(2,3)14-16-10-6-8(4-5-12(10)21-14)9-7-11(13(18)19)20-17-9/h4-7H,1-3H3,(H,18,19). The summed E-state index contributed by atoms with van der Waals surface area (Å²) < 4.78 is 5.89. The molecule has 0 saturated heterocycles. The third-order valence-electron chi connectivity index (χ3n) is 3.05. The molecule has 0 unspecified atom stereocenters. The summed E-state index contributed by atoms with van der Waals surface area (Å²) in [7, 11) is 0. The van der Waals surface area contributed by atoms with E-state index in [9.17, 15) is 4.79 Å². The van der Waals surface area contributed by atoms with Crippen molar-refractivity contribution in [1.29, 1.82) is 0 Å². The number of benzene rings is 1. The van der Waals surface area contributed by atoms with Gasteiger partial charge in [0.1, 0.15) is 5.69 Å². The highest BCUT2D eigenvalue weighted by atomic mass is 32.1. The smallest absolute Gasteiger partial charge is 0.374 e. The zero-order chi connectivity index (χ0) is 15.2. The summed E-state index contributed by atoms with van der Waals surface area (Å²) in [6.45, 7) is 6.38. The normalized spacial score (nSPS) is 12.0. The number of aromatic nitrogens is 2. The van der Waals surface area contributed by atoms with Crippen molar-refractivity contribution in [2.45, 2.75) is 26.2 Å². The lowest BCUT2D eigenvalue weighted by Crippen LogP contribution is -2.09. The van der Waals surface area contributed by atoms with Crippen LogP contribution in [-0.4, -0.2) is 21.2 Å². The van der Waals surface area contributed by atoms with Crippen LogP contribution in [0.4, 0.5) is 0 Å². The number of thiazole rings is 1. The molecule has 0 spiro atoms. The predicted octanol–water partition coefficient (Wildman–Crippen LogP) is 3.95. The average molecular weight is 302 g/mol. The maximum Gasteiger partial charge on any atom is 0.374 e. The Morgan fingerprint density at radius 2 is 2.05 bits per heavy atom. The van der Waals surface area contributed by atoms with Crippen molar-refractivity contribution >= 4 is 27.5 Å². The Bertz CT molecular complexity index is 827. The van der Waals surface area contributed by atoms with Gasteiger partial charge in [0.25, 0.3) is 0 Å². The largest absolute Gasteiger partial charge is 0.475 e. The second-order valence-electron chi connectivity index (χ2n) is 5.83. The van der Waals surface area contributed by atoms with Crippen LogP contribution >= 0.6 is 11.3 Å². The van der Waals surface area contributed by atoms with Crippen molar-refractivity contribution in [3.8, 4) is 11.3 Å². The molecule has 0 aliphatic carbocycles. The number of carbonyl (C=O) groups is 1. The van der Waals surface area contributed by atoms with Gasteiger partial charge in [-0.3, -0.25) is 0 Å². The minimum absolute atomic E-state index is 0.00815. The first-order valence-electron chi connectivity index (χ1n) is 6.46. The van der Waals surface area contributed by atoms with Crippen LogP contribution in [0, 0.1) is 0 Å². The molecule has 0 aliphatic rings. The number of fused-ring (bicyclic) bond motifs is 1. The molecule has 0 aliphatic heterocycles. The third-order valence-corrected chi connectivity index (χ3v) is 4.51. The zero-order valence-corrected chi connectivity index (χ0v) is 12.7. The summed E-state index contributed by atoms with van der Waals surface area (Å²) in [5.74, 6) is -1.29. The van der Waals surface area contributed by atoms with Gasteiger partial charge in [-0.1, -0.05) is 32.0 Å². The van der Waals surface area contributed by atoms with E-state index in [-0.39, 0.29) is 11.2 Å². The molecule has 0 fully saturated rings. The van der Waals surface area contributed by atoms with Gasteiger partial charge in [-0.25, -0.2) is 9.78 Å². The van der Waals surface area contributed by atoms with Crippen LogP contribution in [-0.2, 0) is 5.41 Å². The molecule has 0 amide bonds. The van der Waals surface area contributed by atoms with E-state index >= 15 is 0 Å². The minimum atomic E-state index is -1.13. The number of carboxylic acid groups (broad SMARTS) is 1. The molecule has 6 heteroatoms. The molecule has 0 bridgehead atoms. The van der Waals surface area contributed by atoms with Crippen molar-refractivity contribution in [2.24, 2.45) is 0 Å². The molecule has 0 radical (unpaired) electrons. The van der Waals surface area contributed by atoms with Crippen LogP contribution in [0.25, 0.3) is 21.5 Å². The van der Waals surface area contributed by atoms with E-state index < -0.39 is 5.97 Å². The second kappa shape index (κ2) is 4.66. The molecule has 0 atom stereocenters. The molecule has 2 aromatic heterocycles. The number of rotatable bonds is 2. The van der Waals surface area contributed by atoms with Gasteiger partial charge in [-0.15, -0.1) is 11.3 Å². The van der Waals surface area contributed by atoms with Crippen LogP contribution in [0.2, 0.25) is 0 Å². The van der Waals surface area contributed by atoms with Crippen LogP contribution < -0.4 is 0 Å². The van der Waals surface area contributed by atoms with Gasteiger partial charge in [0.05, 0.1) is 15.2 Å². The molecule has 108 valence electrons. The molecular weight excluding hydrogens is 288 g/mol. The van der Waals surface area contributed by atoms with Crippen molar-refractivity contribution in [2.75, 3.05) is 0 Å². The highest BCUT2D eigenvalue weighted by Gasteiger charge is 2.19. The Kier molecular flexibility index (Phi) is 3.06. The van der Waals surface area contributed by atoms with Gasteiger partial charge in [0, 0.05) is 17.0 Å². The summed E-state index contributed by atoms with van der Waals surface area (Å²) in [6, 6.07) is 7.20. The third kappa shape index (κ3) is 2.54. The van der Waals surface area contributed by atoms with E-state index in [1.807, 2.05) is 18.2 Å². The monoisotopic (exact) mass is 302 g/mol. The lowest BCUT2D eigenvalue weighted by Gasteiger charge is -2.13. The number of hydrogen-bond donors (Lipinski definition) is 1. The molecule has 3 rings (SSSR count). The first-order valence-corrected chi connectivity index (χ1v) is 7.28. The van der Waals surface area contributed by atoms with E-state index in [2.05, 4.69) is 30.9 Å².